The highest BCUT2D eigenvalue weighted by molar-refractivity contribution is 5.74. The van der Waals surface area contributed by atoms with Crippen LogP contribution in [0.1, 0.15) is 5.56 Å². The molecule has 0 aliphatic rings. The molecule has 0 fully saturated rings. The minimum atomic E-state index is 0.357. The van der Waals surface area contributed by atoms with E-state index in [1.165, 1.54) is 11.1 Å². The maximum absolute atomic E-state index is 5.12. The normalized spacial score (nSPS) is 12.9. The fourth-order valence-electron chi connectivity index (χ4n) is 2.34. The van der Waals surface area contributed by atoms with E-state index in [4.69, 9.17) is 4.42 Å². The molecule has 98 valence electrons. The van der Waals surface area contributed by atoms with Crippen molar-refractivity contribution in [1.29, 1.82) is 0 Å². The summed E-state index contributed by atoms with van der Waals surface area (Å²) >= 11 is 0. The number of benzene rings is 1. The Bertz CT molecular complexity index is 642. The number of hydrogen-bond acceptors (Lipinski definition) is 3. The Balaban J connectivity index is 1.78. The summed E-state index contributed by atoms with van der Waals surface area (Å²) < 4.78 is 7.31. The van der Waals surface area contributed by atoms with Crippen molar-refractivity contribution in [2.75, 3.05) is 7.05 Å². The number of rotatable bonds is 5. The van der Waals surface area contributed by atoms with Gasteiger partial charge in [0.05, 0.1) is 29.9 Å². The van der Waals surface area contributed by atoms with Crippen molar-refractivity contribution >= 4 is 11.0 Å². The SMILES string of the molecule is CNC(Cc1ccoc1)Cn1cnc2ccccc21. The third-order valence-electron chi connectivity index (χ3n) is 3.41. The molecular weight excluding hydrogens is 238 g/mol. The van der Waals surface area contributed by atoms with Crippen LogP contribution in [-0.2, 0) is 13.0 Å². The van der Waals surface area contributed by atoms with Gasteiger partial charge in [0.1, 0.15) is 0 Å². The Kier molecular flexibility index (Phi) is 3.33. The van der Waals surface area contributed by atoms with Gasteiger partial charge in [0.25, 0.3) is 0 Å². The number of nitrogens with zero attached hydrogens (tertiary/aromatic N) is 2. The van der Waals surface area contributed by atoms with Crippen molar-refractivity contribution in [2.24, 2.45) is 0 Å². The molecule has 0 amide bonds. The van der Waals surface area contributed by atoms with E-state index in [1.807, 2.05) is 37.6 Å². The van der Waals surface area contributed by atoms with Gasteiger partial charge in [-0.05, 0) is 37.2 Å². The first-order valence-corrected chi connectivity index (χ1v) is 6.45. The first-order valence-electron chi connectivity index (χ1n) is 6.45. The van der Waals surface area contributed by atoms with E-state index in [9.17, 15) is 0 Å². The van der Waals surface area contributed by atoms with Gasteiger partial charge in [0, 0.05) is 12.6 Å². The fourth-order valence-corrected chi connectivity index (χ4v) is 2.34. The second-order valence-electron chi connectivity index (χ2n) is 4.71. The van der Waals surface area contributed by atoms with Gasteiger partial charge in [0.15, 0.2) is 0 Å². The van der Waals surface area contributed by atoms with Crippen LogP contribution < -0.4 is 5.32 Å². The molecule has 3 rings (SSSR count). The molecule has 2 heterocycles. The van der Waals surface area contributed by atoms with Gasteiger partial charge >= 0.3 is 0 Å². The molecule has 0 bridgehead atoms. The van der Waals surface area contributed by atoms with Crippen molar-refractivity contribution in [3.05, 3.63) is 54.7 Å². The first kappa shape index (κ1) is 12.0. The highest BCUT2D eigenvalue weighted by atomic mass is 16.3. The summed E-state index contributed by atoms with van der Waals surface area (Å²) in [6.45, 7) is 0.891. The Morgan fingerprint density at radius 1 is 1.32 bits per heavy atom. The summed E-state index contributed by atoms with van der Waals surface area (Å²) in [5.41, 5.74) is 3.43. The van der Waals surface area contributed by atoms with Gasteiger partial charge in [-0.2, -0.15) is 0 Å². The van der Waals surface area contributed by atoms with Crippen LogP contribution in [-0.4, -0.2) is 22.6 Å². The average Bonchev–Trinajstić information content (AvgIpc) is 3.08. The largest absolute Gasteiger partial charge is 0.472 e. The van der Waals surface area contributed by atoms with Gasteiger partial charge in [-0.25, -0.2) is 4.98 Å². The van der Waals surface area contributed by atoms with Gasteiger partial charge in [0.2, 0.25) is 0 Å². The molecule has 2 aromatic heterocycles. The zero-order valence-electron chi connectivity index (χ0n) is 10.9. The summed E-state index contributed by atoms with van der Waals surface area (Å²) in [5, 5.41) is 3.35. The molecule has 4 heteroatoms. The number of aromatic nitrogens is 2. The molecular formula is C15H17N3O. The van der Waals surface area contributed by atoms with Crippen LogP contribution >= 0.6 is 0 Å². The lowest BCUT2D eigenvalue weighted by molar-refractivity contribution is 0.481. The molecule has 1 aromatic carbocycles. The quantitative estimate of drug-likeness (QED) is 0.761. The maximum Gasteiger partial charge on any atom is 0.0958 e. The molecule has 0 saturated heterocycles. The summed E-state index contributed by atoms with van der Waals surface area (Å²) in [6.07, 6.45) is 6.37. The summed E-state index contributed by atoms with van der Waals surface area (Å²) in [5.74, 6) is 0. The number of hydrogen-bond donors (Lipinski definition) is 1. The second-order valence-corrected chi connectivity index (χ2v) is 4.71. The molecule has 3 aromatic rings. The van der Waals surface area contributed by atoms with E-state index in [0.29, 0.717) is 6.04 Å². The number of imidazole rings is 1. The van der Waals surface area contributed by atoms with Crippen LogP contribution in [0.3, 0.4) is 0 Å². The van der Waals surface area contributed by atoms with Gasteiger partial charge in [-0.3, -0.25) is 0 Å². The summed E-state index contributed by atoms with van der Waals surface area (Å²) in [6, 6.07) is 10.6. The van der Waals surface area contributed by atoms with Crippen LogP contribution in [0.2, 0.25) is 0 Å². The van der Waals surface area contributed by atoms with Crippen LogP contribution in [0.15, 0.2) is 53.6 Å². The molecule has 0 aliphatic heterocycles. The van der Waals surface area contributed by atoms with E-state index >= 15 is 0 Å². The second kappa shape index (κ2) is 5.28. The third kappa shape index (κ3) is 2.53. The zero-order chi connectivity index (χ0) is 13.1. The Morgan fingerprint density at radius 3 is 3.00 bits per heavy atom. The van der Waals surface area contributed by atoms with Crippen LogP contribution in [0.5, 0.6) is 0 Å². The zero-order valence-corrected chi connectivity index (χ0v) is 10.9. The summed E-state index contributed by atoms with van der Waals surface area (Å²) in [4.78, 5) is 4.42. The predicted molar refractivity (Wildman–Crippen MR) is 75.0 cm³/mol. The van der Waals surface area contributed by atoms with Crippen molar-refractivity contribution in [3.8, 4) is 0 Å². The van der Waals surface area contributed by atoms with E-state index < -0.39 is 0 Å². The van der Waals surface area contributed by atoms with Crippen LogP contribution in [0, 0.1) is 0 Å². The molecule has 1 atom stereocenters. The van der Waals surface area contributed by atoms with Crippen molar-refractivity contribution in [3.63, 3.8) is 0 Å². The number of furan rings is 1. The minimum absolute atomic E-state index is 0.357. The highest BCUT2D eigenvalue weighted by Crippen LogP contribution is 2.13. The number of nitrogens with one attached hydrogen (secondary N) is 1. The number of likely N-dealkylation sites (N-methyl/N-ethyl adjacent to an activating group) is 1. The van der Waals surface area contributed by atoms with E-state index in [2.05, 4.69) is 20.9 Å². The number of para-hydroxylation sites is 2. The summed E-state index contributed by atoms with van der Waals surface area (Å²) in [7, 11) is 1.99. The standard InChI is InChI=1S/C15H17N3O/c1-16-13(8-12-6-7-19-10-12)9-18-11-17-14-4-2-3-5-15(14)18/h2-7,10-11,13,16H,8-9H2,1H3. The van der Waals surface area contributed by atoms with Crippen LogP contribution in [0.25, 0.3) is 11.0 Å². The van der Waals surface area contributed by atoms with Crippen molar-refractivity contribution in [1.82, 2.24) is 14.9 Å². The molecule has 0 radical (unpaired) electrons. The minimum Gasteiger partial charge on any atom is -0.472 e. The highest BCUT2D eigenvalue weighted by Gasteiger charge is 2.11. The molecule has 0 aliphatic carbocycles. The fraction of sp³-hybridized carbons (Fsp3) is 0.267. The van der Waals surface area contributed by atoms with E-state index in [1.54, 1.807) is 12.5 Å². The molecule has 0 spiro atoms. The van der Waals surface area contributed by atoms with Gasteiger partial charge in [-0.1, -0.05) is 12.1 Å². The average molecular weight is 255 g/mol. The monoisotopic (exact) mass is 255 g/mol. The lowest BCUT2D eigenvalue weighted by atomic mass is 10.1. The molecule has 0 saturated carbocycles. The Labute approximate surface area is 112 Å². The topological polar surface area (TPSA) is 43.0 Å². The predicted octanol–water partition coefficient (Wildman–Crippen LogP) is 2.46. The van der Waals surface area contributed by atoms with E-state index in [0.717, 1.165) is 18.5 Å². The molecule has 1 N–H and O–H groups in total. The number of fused-ring (bicyclic) bond motifs is 1. The first-order chi connectivity index (χ1) is 9.36. The van der Waals surface area contributed by atoms with Crippen molar-refractivity contribution < 1.29 is 4.42 Å². The Hall–Kier alpha value is -2.07. The lowest BCUT2D eigenvalue weighted by Gasteiger charge is -2.16. The Morgan fingerprint density at radius 2 is 2.21 bits per heavy atom. The maximum atomic E-state index is 5.12. The smallest absolute Gasteiger partial charge is 0.0958 e. The van der Waals surface area contributed by atoms with E-state index in [-0.39, 0.29) is 0 Å². The lowest BCUT2D eigenvalue weighted by Crippen LogP contribution is -2.32. The van der Waals surface area contributed by atoms with Gasteiger partial charge in [-0.15, -0.1) is 0 Å². The molecule has 4 nitrogen and oxygen atoms in total. The van der Waals surface area contributed by atoms with Crippen LogP contribution in [0.4, 0.5) is 0 Å². The molecule has 1 unspecified atom stereocenters. The van der Waals surface area contributed by atoms with Crippen molar-refractivity contribution in [2.45, 2.75) is 19.0 Å². The third-order valence-corrected chi connectivity index (χ3v) is 3.41. The molecule has 19 heavy (non-hydrogen) atoms. The van der Waals surface area contributed by atoms with Gasteiger partial charge < -0.3 is 14.3 Å².